The summed E-state index contributed by atoms with van der Waals surface area (Å²) in [5.41, 5.74) is -2.95. The van der Waals surface area contributed by atoms with Gasteiger partial charge in [-0.15, -0.1) is 0 Å². The van der Waals surface area contributed by atoms with Crippen LogP contribution >= 0.6 is 0 Å². The summed E-state index contributed by atoms with van der Waals surface area (Å²) < 4.78 is 31.4. The van der Waals surface area contributed by atoms with Crippen molar-refractivity contribution in [3.8, 4) is 17.1 Å². The van der Waals surface area contributed by atoms with E-state index in [0.29, 0.717) is 18.4 Å². The van der Waals surface area contributed by atoms with E-state index in [1.807, 2.05) is 37.7 Å². The van der Waals surface area contributed by atoms with E-state index in [9.17, 15) is 24.3 Å². The fourth-order valence-electron chi connectivity index (χ4n) is 8.26. The van der Waals surface area contributed by atoms with Crippen LogP contribution in [0, 0.1) is 22.7 Å². The predicted octanol–water partition coefficient (Wildman–Crippen LogP) is 0.189. The lowest BCUT2D eigenvalue weighted by molar-refractivity contribution is -0.671. The van der Waals surface area contributed by atoms with Crippen LogP contribution in [0.2, 0.25) is 0 Å². The standard InChI is InChI=1S/C32H40NO10.HI/c1-17(34)39-16-31(5)23-14-25(41-19(3)36)32(6)28(30(23,4)11-10-24(31)40-18(2)35)27(37)26-22(43-32)13-21(42-29(26)38)20-9-8-12-33(7)15-20;/h8-9,12-13,15,23-25,27-28,37H,10-11,14,16H2,1-7H3;1H/q+1;/p-1/t23?,24-,25-,27-,28?,30-,31-,32+;/m0./s1. The van der Waals surface area contributed by atoms with Crippen molar-refractivity contribution in [1.82, 2.24) is 0 Å². The summed E-state index contributed by atoms with van der Waals surface area (Å²) in [7, 11) is 1.85. The van der Waals surface area contributed by atoms with Crippen LogP contribution in [0.3, 0.4) is 0 Å². The molecular formula is C32H40INO10. The average Bonchev–Trinajstić information content (AvgIpc) is 2.89. The smallest absolute Gasteiger partial charge is 0.345 e. The number of hydrogen-bond donors (Lipinski definition) is 1. The van der Waals surface area contributed by atoms with Gasteiger partial charge in [-0.3, -0.25) is 14.4 Å². The van der Waals surface area contributed by atoms with Crippen molar-refractivity contribution in [3.05, 3.63) is 46.6 Å². The highest BCUT2D eigenvalue weighted by Gasteiger charge is 2.70. The lowest BCUT2D eigenvalue weighted by atomic mass is 9.42. The first kappa shape index (κ1) is 33.9. The van der Waals surface area contributed by atoms with Crippen LogP contribution in [0.4, 0.5) is 0 Å². The van der Waals surface area contributed by atoms with Crippen molar-refractivity contribution in [1.29, 1.82) is 0 Å². The number of carbonyl (C=O) groups is 3. The minimum Gasteiger partial charge on any atom is -1.00 e. The number of aliphatic hydroxyl groups excluding tert-OH is 1. The Morgan fingerprint density at radius 2 is 1.73 bits per heavy atom. The molecule has 2 aromatic rings. The number of nitrogens with zero attached hydrogens (tertiary/aromatic N) is 1. The second-order valence-corrected chi connectivity index (χ2v) is 13.0. The Bertz CT molecular complexity index is 1520. The van der Waals surface area contributed by atoms with Crippen LogP contribution in [0.1, 0.15) is 72.5 Å². The molecule has 0 bridgehead atoms. The third-order valence-corrected chi connectivity index (χ3v) is 10.0. The monoisotopic (exact) mass is 725 g/mol. The molecule has 44 heavy (non-hydrogen) atoms. The van der Waals surface area contributed by atoms with Crippen molar-refractivity contribution in [2.75, 3.05) is 6.61 Å². The van der Waals surface area contributed by atoms with Gasteiger partial charge in [0.15, 0.2) is 12.4 Å². The third kappa shape index (κ3) is 5.63. The molecule has 1 aliphatic heterocycles. The third-order valence-electron chi connectivity index (χ3n) is 10.0. The predicted molar refractivity (Wildman–Crippen MR) is 150 cm³/mol. The van der Waals surface area contributed by atoms with E-state index in [0.717, 1.165) is 0 Å². The van der Waals surface area contributed by atoms with Gasteiger partial charge in [-0.1, -0.05) is 13.8 Å². The number of aryl methyl sites for hydroxylation is 1. The van der Waals surface area contributed by atoms with Gasteiger partial charge in [0.1, 0.15) is 48.5 Å². The molecule has 0 amide bonds. The zero-order chi connectivity index (χ0) is 31.5. The summed E-state index contributed by atoms with van der Waals surface area (Å²) in [6, 6.07) is 5.21. The quantitative estimate of drug-likeness (QED) is 0.197. The highest BCUT2D eigenvalue weighted by atomic mass is 127. The maximum Gasteiger partial charge on any atom is 0.345 e. The summed E-state index contributed by atoms with van der Waals surface area (Å²) in [5.74, 6) is -2.16. The molecule has 0 saturated heterocycles. The number of rotatable bonds is 5. The van der Waals surface area contributed by atoms with Crippen LogP contribution in [0.15, 0.2) is 39.8 Å². The lowest BCUT2D eigenvalue weighted by Gasteiger charge is -2.66. The molecule has 2 aliphatic carbocycles. The van der Waals surface area contributed by atoms with Crippen molar-refractivity contribution >= 4 is 17.9 Å². The molecule has 1 N–H and O–H groups in total. The first-order chi connectivity index (χ1) is 20.1. The maximum absolute atomic E-state index is 13.5. The average molecular weight is 726 g/mol. The zero-order valence-corrected chi connectivity index (χ0v) is 28.2. The molecule has 3 heterocycles. The summed E-state index contributed by atoms with van der Waals surface area (Å²) >= 11 is 0. The van der Waals surface area contributed by atoms with Crippen LogP contribution in [0.5, 0.6) is 5.75 Å². The van der Waals surface area contributed by atoms with Gasteiger partial charge >= 0.3 is 23.5 Å². The van der Waals surface area contributed by atoms with Crippen molar-refractivity contribution in [2.45, 2.75) is 84.7 Å². The van der Waals surface area contributed by atoms with E-state index in [4.69, 9.17) is 23.4 Å². The number of ether oxygens (including phenoxy) is 4. The molecule has 0 radical (unpaired) electrons. The van der Waals surface area contributed by atoms with Gasteiger partial charge in [-0.2, -0.15) is 0 Å². The molecule has 240 valence electrons. The van der Waals surface area contributed by atoms with Crippen LogP contribution in [-0.2, 0) is 35.6 Å². The van der Waals surface area contributed by atoms with E-state index in [1.54, 1.807) is 25.3 Å². The number of halogens is 1. The first-order valence-corrected chi connectivity index (χ1v) is 14.6. The minimum atomic E-state index is -1.33. The normalized spacial score (nSPS) is 33.7. The minimum absolute atomic E-state index is 0. The summed E-state index contributed by atoms with van der Waals surface area (Å²) in [4.78, 5) is 50.1. The molecule has 12 heteroatoms. The molecule has 0 aromatic carbocycles. The van der Waals surface area contributed by atoms with E-state index in [1.165, 1.54) is 20.8 Å². The SMILES string of the molecule is CC(=O)OC[C@@]1(C)C2C[C@H](OC(C)=O)[C@@]3(C)Oc4cc(-c5ccc[n+](C)c5)oc(=O)c4[C@H](O)C3[C@@]2(C)CC[C@@H]1OC(C)=O.[I-]. The fraction of sp³-hybridized carbons (Fsp3) is 0.594. The Morgan fingerprint density at radius 3 is 2.34 bits per heavy atom. The molecule has 3 aliphatic rings. The summed E-state index contributed by atoms with van der Waals surface area (Å²) in [5, 5.41) is 12.1. The Labute approximate surface area is 273 Å². The number of pyridine rings is 1. The summed E-state index contributed by atoms with van der Waals surface area (Å²) in [6.07, 6.45) is 2.07. The van der Waals surface area contributed by atoms with Crippen molar-refractivity contribution < 1.29 is 71.4 Å². The summed E-state index contributed by atoms with van der Waals surface area (Å²) in [6.45, 7) is 9.61. The number of aliphatic hydroxyl groups is 1. The molecule has 2 aromatic heterocycles. The molecule has 11 nitrogen and oxygen atoms in total. The van der Waals surface area contributed by atoms with Gasteiger partial charge in [0, 0.05) is 44.2 Å². The first-order valence-electron chi connectivity index (χ1n) is 14.6. The second kappa shape index (κ2) is 12.1. The van der Waals surface area contributed by atoms with Gasteiger partial charge in [0.25, 0.3) is 0 Å². The largest absolute Gasteiger partial charge is 1.00 e. The lowest BCUT2D eigenvalue weighted by Crippen LogP contribution is -3.00. The number of fused-ring (bicyclic) bond motifs is 4. The van der Waals surface area contributed by atoms with Gasteiger partial charge in [-0.25, -0.2) is 9.36 Å². The van der Waals surface area contributed by atoms with Crippen molar-refractivity contribution in [2.24, 2.45) is 29.7 Å². The molecule has 2 unspecified atom stereocenters. The zero-order valence-electron chi connectivity index (χ0n) is 26.0. The molecular weight excluding hydrogens is 685 g/mol. The Balaban J connectivity index is 0.00000442. The van der Waals surface area contributed by atoms with Gasteiger partial charge in [0.05, 0.1) is 11.7 Å². The van der Waals surface area contributed by atoms with Gasteiger partial charge < -0.3 is 52.4 Å². The number of hydrogen-bond acceptors (Lipinski definition) is 10. The molecule has 0 spiro atoms. The number of carbonyl (C=O) groups excluding carboxylic acids is 3. The van der Waals surface area contributed by atoms with E-state index in [2.05, 4.69) is 0 Å². The molecule has 2 fully saturated rings. The number of aromatic nitrogens is 1. The number of esters is 3. The van der Waals surface area contributed by atoms with Gasteiger partial charge in [0.2, 0.25) is 0 Å². The Kier molecular flexibility index (Phi) is 9.29. The topological polar surface area (TPSA) is 142 Å². The fourth-order valence-corrected chi connectivity index (χ4v) is 8.26. The second-order valence-electron chi connectivity index (χ2n) is 13.0. The van der Waals surface area contributed by atoms with E-state index in [-0.39, 0.29) is 60.0 Å². The molecule has 8 atom stereocenters. The van der Waals surface area contributed by atoms with Crippen LogP contribution < -0.4 is 38.9 Å². The highest BCUT2D eigenvalue weighted by molar-refractivity contribution is 5.67. The van der Waals surface area contributed by atoms with Crippen molar-refractivity contribution in [3.63, 3.8) is 0 Å². The molecule has 5 rings (SSSR count). The maximum atomic E-state index is 13.5. The van der Waals surface area contributed by atoms with Crippen LogP contribution in [0.25, 0.3) is 11.3 Å². The van der Waals surface area contributed by atoms with E-state index < -0.39 is 64.2 Å². The van der Waals surface area contributed by atoms with Gasteiger partial charge in [-0.05, 0) is 43.6 Å². The van der Waals surface area contributed by atoms with Crippen LogP contribution in [-0.4, -0.2) is 47.4 Å². The van der Waals surface area contributed by atoms with E-state index >= 15 is 0 Å². The highest BCUT2D eigenvalue weighted by Crippen LogP contribution is 2.67. The Hall–Kier alpha value is -3.00. The Morgan fingerprint density at radius 1 is 1.07 bits per heavy atom. The molecule has 2 saturated carbocycles.